The average Bonchev–Trinajstić information content (AvgIpc) is 1.85. The highest BCUT2D eigenvalue weighted by Crippen LogP contribution is 2.31. The Bertz CT molecular complexity index is 167. The Hall–Kier alpha value is -0.123. The molecule has 2 atom stereocenters. The summed E-state index contributed by atoms with van der Waals surface area (Å²) >= 11 is 0. The van der Waals surface area contributed by atoms with Crippen LogP contribution in [0.15, 0.2) is 12.3 Å². The molecular formula is C8H16O2Si. The van der Waals surface area contributed by atoms with Crippen LogP contribution in [0, 0.1) is 0 Å². The van der Waals surface area contributed by atoms with Crippen molar-refractivity contribution in [1.29, 1.82) is 0 Å². The Labute approximate surface area is 69.0 Å². The van der Waals surface area contributed by atoms with Gasteiger partial charge in [0, 0.05) is 0 Å². The van der Waals surface area contributed by atoms with Gasteiger partial charge in [-0.1, -0.05) is 5.70 Å². The monoisotopic (exact) mass is 172 g/mol. The lowest BCUT2D eigenvalue weighted by Gasteiger charge is -2.38. The van der Waals surface area contributed by atoms with Crippen LogP contribution in [0.3, 0.4) is 0 Å². The van der Waals surface area contributed by atoms with Gasteiger partial charge >= 0.3 is 0 Å². The maximum absolute atomic E-state index is 9.61. The fourth-order valence-electron chi connectivity index (χ4n) is 1.52. The van der Waals surface area contributed by atoms with E-state index in [4.69, 9.17) is 4.43 Å². The Kier molecular flexibility index (Phi) is 2.23. The van der Waals surface area contributed by atoms with E-state index in [1.807, 2.05) is 5.70 Å². The van der Waals surface area contributed by atoms with Gasteiger partial charge in [-0.15, -0.1) is 6.58 Å². The zero-order chi connectivity index (χ0) is 8.54. The van der Waals surface area contributed by atoms with Gasteiger partial charge in [-0.2, -0.15) is 0 Å². The minimum absolute atomic E-state index is 0.753. The van der Waals surface area contributed by atoms with E-state index in [0.29, 0.717) is 0 Å². The molecule has 2 unspecified atom stereocenters. The summed E-state index contributed by atoms with van der Waals surface area (Å²) < 4.78 is 5.59. The molecule has 0 radical (unpaired) electrons. The molecule has 0 aromatic carbocycles. The van der Waals surface area contributed by atoms with E-state index < -0.39 is 14.1 Å². The highest BCUT2D eigenvalue weighted by molar-refractivity contribution is 6.77. The molecule has 1 aliphatic rings. The first-order chi connectivity index (χ1) is 4.97. The normalized spacial score (nSPS) is 45.4. The molecule has 1 rings (SSSR count). The van der Waals surface area contributed by atoms with Crippen LogP contribution in [0.1, 0.15) is 19.8 Å². The molecule has 11 heavy (non-hydrogen) atoms. The van der Waals surface area contributed by atoms with Crippen LogP contribution in [0.2, 0.25) is 12.6 Å². The van der Waals surface area contributed by atoms with Crippen molar-refractivity contribution >= 4 is 8.32 Å². The van der Waals surface area contributed by atoms with Crippen molar-refractivity contribution in [3.63, 3.8) is 0 Å². The summed E-state index contributed by atoms with van der Waals surface area (Å²) in [5.41, 5.74) is 1.90. The molecule has 0 aromatic heterocycles. The highest BCUT2D eigenvalue weighted by Gasteiger charge is 2.38. The van der Waals surface area contributed by atoms with E-state index in [-0.39, 0.29) is 0 Å². The number of hydrogen-bond acceptors (Lipinski definition) is 2. The third-order valence-corrected chi connectivity index (χ3v) is 5.31. The van der Waals surface area contributed by atoms with Crippen molar-refractivity contribution in [2.75, 3.05) is 0 Å². The second-order valence-corrected chi connectivity index (χ2v) is 7.39. The molecule has 1 aliphatic heterocycles. The van der Waals surface area contributed by atoms with Gasteiger partial charge in [0.2, 0.25) is 8.32 Å². The molecule has 2 nitrogen and oxygen atoms in total. The van der Waals surface area contributed by atoms with Crippen LogP contribution >= 0.6 is 0 Å². The zero-order valence-electron chi connectivity index (χ0n) is 7.26. The lowest BCUT2D eigenvalue weighted by atomic mass is 10.2. The van der Waals surface area contributed by atoms with Crippen molar-refractivity contribution in [3.05, 3.63) is 12.3 Å². The van der Waals surface area contributed by atoms with Gasteiger partial charge in [0.25, 0.3) is 0 Å². The lowest BCUT2D eigenvalue weighted by molar-refractivity contribution is -0.141. The van der Waals surface area contributed by atoms with Gasteiger partial charge in [0.15, 0.2) is 5.79 Å². The highest BCUT2D eigenvalue weighted by atomic mass is 28.4. The summed E-state index contributed by atoms with van der Waals surface area (Å²) in [6, 6.07) is 1.09. The van der Waals surface area contributed by atoms with E-state index >= 15 is 0 Å². The molecule has 1 fully saturated rings. The van der Waals surface area contributed by atoms with E-state index in [2.05, 4.69) is 13.1 Å². The average molecular weight is 172 g/mol. The maximum atomic E-state index is 9.61. The minimum Gasteiger partial charge on any atom is -0.387 e. The fourth-order valence-corrected chi connectivity index (χ4v) is 3.89. The fraction of sp³-hybridized carbons (Fsp3) is 0.750. The van der Waals surface area contributed by atoms with Gasteiger partial charge in [0.05, 0.1) is 0 Å². The predicted molar refractivity (Wildman–Crippen MR) is 47.6 cm³/mol. The second-order valence-electron chi connectivity index (χ2n) is 3.65. The smallest absolute Gasteiger partial charge is 0.217 e. The summed E-state index contributed by atoms with van der Waals surface area (Å²) in [6.45, 7) is 7.58. The van der Waals surface area contributed by atoms with Gasteiger partial charge in [-0.25, -0.2) is 0 Å². The summed E-state index contributed by atoms with van der Waals surface area (Å²) in [7, 11) is -1.73. The standard InChI is InChI=1S/C8H16O2Si/c1-4-11(3)7-5-6-8(2,9)10-11/h4,9H,1,5-7H2,2-3H3. The molecule has 64 valence electrons. The topological polar surface area (TPSA) is 29.5 Å². The van der Waals surface area contributed by atoms with Crippen LogP contribution in [-0.2, 0) is 4.43 Å². The van der Waals surface area contributed by atoms with E-state index in [9.17, 15) is 5.11 Å². The second kappa shape index (κ2) is 2.73. The number of aliphatic hydroxyl groups is 1. The summed E-state index contributed by atoms with van der Waals surface area (Å²) in [5, 5.41) is 9.61. The molecule has 1 heterocycles. The van der Waals surface area contributed by atoms with E-state index in [0.717, 1.165) is 18.9 Å². The Morgan fingerprint density at radius 2 is 2.36 bits per heavy atom. The summed E-state index contributed by atoms with van der Waals surface area (Å²) in [4.78, 5) is 0. The van der Waals surface area contributed by atoms with Crippen LogP contribution in [0.5, 0.6) is 0 Å². The van der Waals surface area contributed by atoms with Crippen LogP contribution in [-0.4, -0.2) is 19.2 Å². The summed E-state index contributed by atoms with van der Waals surface area (Å²) in [6.07, 6.45) is 1.81. The predicted octanol–water partition coefficient (Wildman–Crippen LogP) is 1.81. The van der Waals surface area contributed by atoms with Gasteiger partial charge in [-0.3, -0.25) is 0 Å². The molecule has 0 spiro atoms. The molecule has 1 N–H and O–H groups in total. The SMILES string of the molecule is C=C[Si]1(C)CCCC(C)(O)O1. The van der Waals surface area contributed by atoms with E-state index in [1.54, 1.807) is 6.92 Å². The number of rotatable bonds is 1. The Morgan fingerprint density at radius 3 is 2.73 bits per heavy atom. The van der Waals surface area contributed by atoms with Gasteiger partial charge in [-0.05, 0) is 32.4 Å². The first-order valence-corrected chi connectivity index (χ1v) is 6.73. The van der Waals surface area contributed by atoms with Crippen molar-refractivity contribution in [1.82, 2.24) is 0 Å². The van der Waals surface area contributed by atoms with Crippen LogP contribution < -0.4 is 0 Å². The minimum atomic E-state index is -1.73. The number of hydrogen-bond donors (Lipinski definition) is 1. The lowest BCUT2D eigenvalue weighted by Crippen LogP contribution is -2.47. The first-order valence-electron chi connectivity index (χ1n) is 4.04. The Morgan fingerprint density at radius 1 is 1.73 bits per heavy atom. The first kappa shape index (κ1) is 8.97. The molecule has 0 aromatic rings. The van der Waals surface area contributed by atoms with E-state index in [1.165, 1.54) is 0 Å². The summed E-state index contributed by atoms with van der Waals surface area (Å²) in [5.74, 6) is -0.895. The quantitative estimate of drug-likeness (QED) is 0.611. The van der Waals surface area contributed by atoms with Crippen LogP contribution in [0.25, 0.3) is 0 Å². The van der Waals surface area contributed by atoms with Crippen molar-refractivity contribution < 1.29 is 9.53 Å². The van der Waals surface area contributed by atoms with Gasteiger partial charge < -0.3 is 9.53 Å². The van der Waals surface area contributed by atoms with Gasteiger partial charge in [0.1, 0.15) is 0 Å². The molecule has 1 saturated heterocycles. The molecular weight excluding hydrogens is 156 g/mol. The van der Waals surface area contributed by atoms with Crippen LogP contribution in [0.4, 0.5) is 0 Å². The van der Waals surface area contributed by atoms with Crippen molar-refractivity contribution in [2.45, 2.75) is 38.1 Å². The molecule has 3 heteroatoms. The third kappa shape index (κ3) is 2.15. The molecule has 0 aliphatic carbocycles. The zero-order valence-corrected chi connectivity index (χ0v) is 8.26. The largest absolute Gasteiger partial charge is 0.387 e. The third-order valence-electron chi connectivity index (χ3n) is 2.20. The van der Waals surface area contributed by atoms with Crippen molar-refractivity contribution in [3.8, 4) is 0 Å². The molecule has 0 amide bonds. The molecule has 0 saturated carbocycles. The molecule has 0 bridgehead atoms. The van der Waals surface area contributed by atoms with Crippen molar-refractivity contribution in [2.24, 2.45) is 0 Å². The Balaban J connectivity index is 2.66. The maximum Gasteiger partial charge on any atom is 0.217 e.